The number of benzene rings is 2. The lowest BCUT2D eigenvalue weighted by Gasteiger charge is -2.14. The summed E-state index contributed by atoms with van der Waals surface area (Å²) in [6, 6.07) is 13.6. The Morgan fingerprint density at radius 2 is 1.82 bits per heavy atom. The smallest absolute Gasteiger partial charge is 0.279 e. The molecule has 2 heterocycles. The Hall–Kier alpha value is -4.00. The lowest BCUT2D eigenvalue weighted by molar-refractivity contribution is -0.115. The van der Waals surface area contributed by atoms with Crippen LogP contribution in [0, 0.1) is 27.7 Å². The SMILES string of the molecule is C=CCn1c(C)c(CC(=O)Nc2cccc(C)c2C)c(=O)n2nc(-c3ccc(C)cc3)nc12. The van der Waals surface area contributed by atoms with Gasteiger partial charge >= 0.3 is 0 Å². The molecule has 33 heavy (non-hydrogen) atoms. The fourth-order valence-corrected chi connectivity index (χ4v) is 3.83. The number of aromatic nitrogens is 4. The van der Waals surface area contributed by atoms with Gasteiger partial charge in [-0.05, 0) is 44.9 Å². The standard InChI is InChI=1S/C26H27N5O2/c1-6-14-30-19(5)21(15-23(32)27-22-9-7-8-17(3)18(22)4)25(33)31-26(30)28-24(29-31)20-12-10-16(2)11-13-20/h6-13H,1,14-15H2,2-5H3,(H,27,32). The van der Waals surface area contributed by atoms with Crippen LogP contribution in [-0.2, 0) is 17.8 Å². The molecule has 0 saturated carbocycles. The molecule has 4 aromatic rings. The van der Waals surface area contributed by atoms with Crippen molar-refractivity contribution in [1.82, 2.24) is 19.2 Å². The third-order valence-corrected chi connectivity index (χ3v) is 5.96. The van der Waals surface area contributed by atoms with E-state index < -0.39 is 0 Å². The molecular weight excluding hydrogens is 414 g/mol. The van der Waals surface area contributed by atoms with Crippen LogP contribution >= 0.6 is 0 Å². The quantitative estimate of drug-likeness (QED) is 0.456. The van der Waals surface area contributed by atoms with Crippen molar-refractivity contribution in [2.24, 2.45) is 0 Å². The van der Waals surface area contributed by atoms with E-state index in [4.69, 9.17) is 0 Å². The number of aryl methyl sites for hydroxylation is 2. The number of nitrogens with zero attached hydrogens (tertiary/aromatic N) is 4. The molecule has 168 valence electrons. The van der Waals surface area contributed by atoms with Gasteiger partial charge in [0.1, 0.15) is 0 Å². The fourth-order valence-electron chi connectivity index (χ4n) is 3.83. The fraction of sp³-hybridized carbons (Fsp3) is 0.231. The molecule has 0 saturated heterocycles. The van der Waals surface area contributed by atoms with Gasteiger partial charge in [0.2, 0.25) is 11.7 Å². The van der Waals surface area contributed by atoms with Gasteiger partial charge in [-0.25, -0.2) is 0 Å². The number of carbonyl (C=O) groups excluding carboxylic acids is 1. The number of rotatable bonds is 6. The number of amides is 1. The number of hydrogen-bond donors (Lipinski definition) is 1. The van der Waals surface area contributed by atoms with E-state index in [0.29, 0.717) is 29.4 Å². The minimum absolute atomic E-state index is 0.0646. The number of hydrogen-bond acceptors (Lipinski definition) is 4. The maximum absolute atomic E-state index is 13.4. The molecule has 4 rings (SSSR count). The molecule has 0 atom stereocenters. The van der Waals surface area contributed by atoms with Crippen LogP contribution in [0.4, 0.5) is 5.69 Å². The number of allylic oxidation sites excluding steroid dienone is 1. The number of fused-ring (bicyclic) bond motifs is 1. The summed E-state index contributed by atoms with van der Waals surface area (Å²) in [6.07, 6.45) is 1.67. The first kappa shape index (κ1) is 22.2. The maximum Gasteiger partial charge on any atom is 0.279 e. The van der Waals surface area contributed by atoms with Crippen molar-refractivity contribution in [3.63, 3.8) is 0 Å². The van der Waals surface area contributed by atoms with Gasteiger partial charge in [0, 0.05) is 29.1 Å². The largest absolute Gasteiger partial charge is 0.326 e. The van der Waals surface area contributed by atoms with Crippen LogP contribution < -0.4 is 10.9 Å². The molecule has 0 aliphatic rings. The molecule has 0 aliphatic heterocycles. The Morgan fingerprint density at radius 1 is 1.09 bits per heavy atom. The molecule has 0 spiro atoms. The molecular formula is C26H27N5O2. The predicted octanol–water partition coefficient (Wildman–Crippen LogP) is 4.16. The maximum atomic E-state index is 13.4. The highest BCUT2D eigenvalue weighted by Crippen LogP contribution is 2.20. The van der Waals surface area contributed by atoms with E-state index in [2.05, 4.69) is 22.0 Å². The third kappa shape index (κ3) is 4.22. The van der Waals surface area contributed by atoms with Crippen LogP contribution in [0.15, 0.2) is 59.9 Å². The van der Waals surface area contributed by atoms with Gasteiger partial charge in [-0.1, -0.05) is 48.0 Å². The molecule has 0 fully saturated rings. The topological polar surface area (TPSA) is 81.3 Å². The summed E-state index contributed by atoms with van der Waals surface area (Å²) in [6.45, 7) is 12.1. The molecule has 2 aromatic carbocycles. The molecule has 0 unspecified atom stereocenters. The van der Waals surface area contributed by atoms with Crippen LogP contribution in [0.25, 0.3) is 17.2 Å². The Bertz CT molecular complexity index is 1430. The number of carbonyl (C=O) groups is 1. The average molecular weight is 442 g/mol. The second kappa shape index (κ2) is 8.86. The van der Waals surface area contributed by atoms with E-state index in [-0.39, 0.29) is 17.9 Å². The van der Waals surface area contributed by atoms with Crippen LogP contribution in [0.2, 0.25) is 0 Å². The first-order valence-corrected chi connectivity index (χ1v) is 10.8. The Balaban J connectivity index is 1.77. The van der Waals surface area contributed by atoms with Crippen molar-refractivity contribution in [1.29, 1.82) is 0 Å². The van der Waals surface area contributed by atoms with Crippen LogP contribution in [0.5, 0.6) is 0 Å². The van der Waals surface area contributed by atoms with E-state index in [1.54, 1.807) is 6.08 Å². The minimum Gasteiger partial charge on any atom is -0.326 e. The van der Waals surface area contributed by atoms with Crippen molar-refractivity contribution in [3.05, 3.63) is 93.4 Å². The molecule has 0 radical (unpaired) electrons. The van der Waals surface area contributed by atoms with Gasteiger partial charge < -0.3 is 9.88 Å². The van der Waals surface area contributed by atoms with Gasteiger partial charge in [-0.3, -0.25) is 9.59 Å². The van der Waals surface area contributed by atoms with Gasteiger partial charge in [0.15, 0.2) is 5.82 Å². The molecule has 0 bridgehead atoms. The minimum atomic E-state index is -0.343. The second-order valence-electron chi connectivity index (χ2n) is 8.25. The summed E-state index contributed by atoms with van der Waals surface area (Å²) >= 11 is 0. The zero-order chi connectivity index (χ0) is 23.7. The molecule has 2 aromatic heterocycles. The summed E-state index contributed by atoms with van der Waals surface area (Å²) in [5, 5.41) is 7.42. The van der Waals surface area contributed by atoms with Crippen molar-refractivity contribution in [2.75, 3.05) is 5.32 Å². The lowest BCUT2D eigenvalue weighted by atomic mass is 10.1. The van der Waals surface area contributed by atoms with E-state index in [0.717, 1.165) is 27.9 Å². The highest BCUT2D eigenvalue weighted by atomic mass is 16.2. The predicted molar refractivity (Wildman–Crippen MR) is 131 cm³/mol. The zero-order valence-electron chi connectivity index (χ0n) is 19.3. The zero-order valence-corrected chi connectivity index (χ0v) is 19.3. The van der Waals surface area contributed by atoms with E-state index in [1.165, 1.54) is 4.52 Å². The normalized spacial score (nSPS) is 11.0. The van der Waals surface area contributed by atoms with Crippen LogP contribution in [0.1, 0.15) is 27.9 Å². The molecule has 1 amide bonds. The van der Waals surface area contributed by atoms with E-state index >= 15 is 0 Å². The lowest BCUT2D eigenvalue weighted by Crippen LogP contribution is -2.29. The first-order chi connectivity index (χ1) is 15.8. The summed E-state index contributed by atoms with van der Waals surface area (Å²) < 4.78 is 3.14. The van der Waals surface area contributed by atoms with E-state index in [1.807, 2.05) is 74.7 Å². The van der Waals surface area contributed by atoms with Gasteiger partial charge in [-0.2, -0.15) is 9.50 Å². The molecule has 7 nitrogen and oxygen atoms in total. The van der Waals surface area contributed by atoms with Crippen LogP contribution in [-0.4, -0.2) is 25.1 Å². The third-order valence-electron chi connectivity index (χ3n) is 5.96. The number of nitrogens with one attached hydrogen (secondary N) is 1. The highest BCUT2D eigenvalue weighted by Gasteiger charge is 2.20. The molecule has 0 aliphatic carbocycles. The summed E-state index contributed by atoms with van der Waals surface area (Å²) in [7, 11) is 0. The Kier molecular flexibility index (Phi) is 5.96. The molecule has 7 heteroatoms. The summed E-state index contributed by atoms with van der Waals surface area (Å²) in [5.41, 5.74) is 5.49. The van der Waals surface area contributed by atoms with Crippen molar-refractivity contribution in [3.8, 4) is 11.4 Å². The Labute approximate surface area is 192 Å². The number of anilines is 1. The first-order valence-electron chi connectivity index (χ1n) is 10.8. The average Bonchev–Trinajstić information content (AvgIpc) is 3.23. The van der Waals surface area contributed by atoms with E-state index in [9.17, 15) is 9.59 Å². The van der Waals surface area contributed by atoms with Crippen molar-refractivity contribution < 1.29 is 4.79 Å². The van der Waals surface area contributed by atoms with Crippen molar-refractivity contribution in [2.45, 2.75) is 40.7 Å². The Morgan fingerprint density at radius 3 is 2.52 bits per heavy atom. The summed E-state index contributed by atoms with van der Waals surface area (Å²) in [5.74, 6) is 0.625. The van der Waals surface area contributed by atoms with Gasteiger partial charge in [0.05, 0.1) is 6.42 Å². The van der Waals surface area contributed by atoms with Gasteiger partial charge in [0.25, 0.3) is 5.56 Å². The monoisotopic (exact) mass is 441 g/mol. The molecule has 1 N–H and O–H groups in total. The van der Waals surface area contributed by atoms with Crippen LogP contribution in [0.3, 0.4) is 0 Å². The summed E-state index contributed by atoms with van der Waals surface area (Å²) in [4.78, 5) is 30.9. The van der Waals surface area contributed by atoms with Gasteiger partial charge in [-0.15, -0.1) is 11.7 Å². The van der Waals surface area contributed by atoms with Crippen molar-refractivity contribution >= 4 is 17.4 Å². The second-order valence-corrected chi connectivity index (χ2v) is 8.25. The highest BCUT2D eigenvalue weighted by molar-refractivity contribution is 5.93.